The molecule has 4 heteroatoms. The fourth-order valence-electron chi connectivity index (χ4n) is 2.42. The maximum atomic E-state index is 12.0. The lowest BCUT2D eigenvalue weighted by Crippen LogP contribution is -2.51. The highest BCUT2D eigenvalue weighted by molar-refractivity contribution is 5.92. The van der Waals surface area contributed by atoms with Crippen LogP contribution in [0.1, 0.15) is 48.9 Å². The van der Waals surface area contributed by atoms with Gasteiger partial charge in [0, 0.05) is 13.0 Å². The number of nitrogens with one attached hydrogen (secondary N) is 1. The number of hydrogen-bond acceptors (Lipinski definition) is 3. The summed E-state index contributed by atoms with van der Waals surface area (Å²) in [5.41, 5.74) is 5.57. The first-order chi connectivity index (χ1) is 8.19. The fraction of sp³-hybridized carbons (Fsp3) is 0.615. The van der Waals surface area contributed by atoms with Gasteiger partial charge in [0.2, 0.25) is 0 Å². The topological polar surface area (TPSA) is 68.3 Å². The lowest BCUT2D eigenvalue weighted by Gasteiger charge is -2.28. The zero-order valence-electron chi connectivity index (χ0n) is 10.3. The van der Waals surface area contributed by atoms with Gasteiger partial charge in [0.15, 0.2) is 5.76 Å². The number of carbonyl (C=O) groups excluding carboxylic acids is 1. The Morgan fingerprint density at radius 1 is 1.47 bits per heavy atom. The van der Waals surface area contributed by atoms with Gasteiger partial charge in [-0.25, -0.2) is 0 Å². The van der Waals surface area contributed by atoms with E-state index in [9.17, 15) is 4.79 Å². The molecule has 0 aromatic carbocycles. The van der Waals surface area contributed by atoms with Gasteiger partial charge in [-0.1, -0.05) is 19.8 Å². The summed E-state index contributed by atoms with van der Waals surface area (Å²) in [7, 11) is 0. The van der Waals surface area contributed by atoms with Crippen LogP contribution < -0.4 is 11.1 Å². The van der Waals surface area contributed by atoms with Crippen LogP contribution in [0.15, 0.2) is 16.5 Å². The number of hydrogen-bond donors (Lipinski definition) is 2. The normalized spacial score (nSPS) is 18.2. The summed E-state index contributed by atoms with van der Waals surface area (Å²) in [6.45, 7) is 2.50. The van der Waals surface area contributed by atoms with Crippen molar-refractivity contribution in [3.8, 4) is 0 Å². The molecule has 0 bridgehead atoms. The predicted octanol–water partition coefficient (Wildman–Crippen LogP) is 1.84. The quantitative estimate of drug-likeness (QED) is 0.838. The molecule has 0 radical (unpaired) electrons. The summed E-state index contributed by atoms with van der Waals surface area (Å²) in [6, 6.07) is 3.58. The van der Waals surface area contributed by atoms with Crippen LogP contribution in [0.3, 0.4) is 0 Å². The molecule has 0 unspecified atom stereocenters. The zero-order valence-corrected chi connectivity index (χ0v) is 10.3. The summed E-state index contributed by atoms with van der Waals surface area (Å²) in [4.78, 5) is 12.0. The molecular weight excluding hydrogens is 216 g/mol. The van der Waals surface area contributed by atoms with Crippen molar-refractivity contribution in [1.82, 2.24) is 5.32 Å². The second-order valence-corrected chi connectivity index (χ2v) is 4.77. The molecule has 0 spiro atoms. The van der Waals surface area contributed by atoms with Crippen molar-refractivity contribution in [1.29, 1.82) is 0 Å². The molecule has 1 aromatic heterocycles. The summed E-state index contributed by atoms with van der Waals surface area (Å²) in [6.07, 6.45) is 5.01. The maximum Gasteiger partial charge on any atom is 0.287 e. The number of nitrogens with two attached hydrogens (primary N) is 1. The van der Waals surface area contributed by atoms with Crippen LogP contribution in [0, 0.1) is 0 Å². The Kier molecular flexibility index (Phi) is 3.52. The highest BCUT2D eigenvalue weighted by Gasteiger charge is 2.34. The molecule has 17 heavy (non-hydrogen) atoms. The summed E-state index contributed by atoms with van der Waals surface area (Å²) in [5, 5.41) is 3.04. The molecule has 4 nitrogen and oxygen atoms in total. The molecular formula is C13H20N2O2. The van der Waals surface area contributed by atoms with Gasteiger partial charge in [-0.05, 0) is 25.0 Å². The van der Waals surface area contributed by atoms with E-state index in [1.165, 1.54) is 0 Å². The van der Waals surface area contributed by atoms with Crippen molar-refractivity contribution in [2.24, 2.45) is 5.73 Å². The van der Waals surface area contributed by atoms with Crippen LogP contribution in [0.4, 0.5) is 0 Å². The van der Waals surface area contributed by atoms with Gasteiger partial charge in [-0.3, -0.25) is 4.79 Å². The number of amides is 1. The third-order valence-electron chi connectivity index (χ3n) is 3.56. The van der Waals surface area contributed by atoms with Gasteiger partial charge >= 0.3 is 0 Å². The van der Waals surface area contributed by atoms with Crippen LogP contribution in [-0.4, -0.2) is 18.0 Å². The molecule has 1 saturated carbocycles. The first kappa shape index (κ1) is 12.2. The van der Waals surface area contributed by atoms with Crippen molar-refractivity contribution in [3.63, 3.8) is 0 Å². The minimum atomic E-state index is -0.212. The second-order valence-electron chi connectivity index (χ2n) is 4.77. The number of rotatable bonds is 4. The van der Waals surface area contributed by atoms with E-state index in [0.29, 0.717) is 12.3 Å². The summed E-state index contributed by atoms with van der Waals surface area (Å²) < 4.78 is 5.44. The van der Waals surface area contributed by atoms with Crippen molar-refractivity contribution >= 4 is 5.91 Å². The van der Waals surface area contributed by atoms with E-state index < -0.39 is 0 Å². The molecule has 1 amide bonds. The monoisotopic (exact) mass is 236 g/mol. The molecule has 1 aromatic rings. The van der Waals surface area contributed by atoms with Gasteiger partial charge in [0.1, 0.15) is 5.76 Å². The Morgan fingerprint density at radius 3 is 2.71 bits per heavy atom. The van der Waals surface area contributed by atoms with Gasteiger partial charge in [-0.2, -0.15) is 0 Å². The van der Waals surface area contributed by atoms with Crippen molar-refractivity contribution in [3.05, 3.63) is 23.7 Å². The van der Waals surface area contributed by atoms with Crippen LogP contribution in [-0.2, 0) is 6.42 Å². The minimum absolute atomic E-state index is 0.142. The molecule has 1 aliphatic rings. The average Bonchev–Trinajstić information content (AvgIpc) is 2.97. The van der Waals surface area contributed by atoms with Crippen molar-refractivity contribution in [2.45, 2.75) is 44.6 Å². The van der Waals surface area contributed by atoms with E-state index in [-0.39, 0.29) is 11.4 Å². The standard InChI is InChI=1S/C13H20N2O2/c1-2-10-5-6-11(17-10)12(16)15-13(9-14)7-3-4-8-13/h5-6H,2-4,7-9,14H2,1H3,(H,15,16). The number of carbonyl (C=O) groups is 1. The van der Waals surface area contributed by atoms with Crippen molar-refractivity contribution in [2.75, 3.05) is 6.54 Å². The van der Waals surface area contributed by atoms with E-state index >= 15 is 0 Å². The van der Waals surface area contributed by atoms with Crippen LogP contribution in [0.2, 0.25) is 0 Å². The smallest absolute Gasteiger partial charge is 0.287 e. The molecule has 0 atom stereocenters. The zero-order chi connectivity index (χ0) is 12.3. The van der Waals surface area contributed by atoms with Gasteiger partial charge in [0.05, 0.1) is 5.54 Å². The van der Waals surface area contributed by atoms with Crippen LogP contribution in [0.25, 0.3) is 0 Å². The molecule has 94 valence electrons. The van der Waals surface area contributed by atoms with Crippen LogP contribution >= 0.6 is 0 Å². The van der Waals surface area contributed by atoms with E-state index in [1.54, 1.807) is 6.07 Å². The first-order valence-corrected chi connectivity index (χ1v) is 6.30. The predicted molar refractivity (Wildman–Crippen MR) is 65.8 cm³/mol. The Hall–Kier alpha value is -1.29. The van der Waals surface area contributed by atoms with Gasteiger partial charge in [0.25, 0.3) is 5.91 Å². The third-order valence-corrected chi connectivity index (χ3v) is 3.56. The summed E-state index contributed by atoms with van der Waals surface area (Å²) in [5.74, 6) is 1.09. The molecule has 1 fully saturated rings. The Labute approximate surface area is 102 Å². The third kappa shape index (κ3) is 2.52. The lowest BCUT2D eigenvalue weighted by atomic mass is 9.98. The van der Waals surface area contributed by atoms with E-state index in [2.05, 4.69) is 5.32 Å². The van der Waals surface area contributed by atoms with E-state index in [1.807, 2.05) is 13.0 Å². The van der Waals surface area contributed by atoms with E-state index in [4.69, 9.17) is 10.2 Å². The van der Waals surface area contributed by atoms with Crippen LogP contribution in [0.5, 0.6) is 0 Å². The molecule has 0 aliphatic heterocycles. The average molecular weight is 236 g/mol. The summed E-state index contributed by atoms with van der Waals surface area (Å²) >= 11 is 0. The molecule has 1 heterocycles. The van der Waals surface area contributed by atoms with Gasteiger partial charge in [-0.15, -0.1) is 0 Å². The van der Waals surface area contributed by atoms with Crippen molar-refractivity contribution < 1.29 is 9.21 Å². The Morgan fingerprint density at radius 2 is 2.18 bits per heavy atom. The number of aryl methyl sites for hydroxylation is 1. The maximum absolute atomic E-state index is 12.0. The SMILES string of the molecule is CCc1ccc(C(=O)NC2(CN)CCCC2)o1. The molecule has 1 aliphatic carbocycles. The minimum Gasteiger partial charge on any atom is -0.456 e. The Balaban J connectivity index is 2.05. The highest BCUT2D eigenvalue weighted by atomic mass is 16.3. The molecule has 2 rings (SSSR count). The number of furan rings is 1. The first-order valence-electron chi connectivity index (χ1n) is 6.30. The van der Waals surface area contributed by atoms with E-state index in [0.717, 1.165) is 37.9 Å². The largest absolute Gasteiger partial charge is 0.456 e. The second kappa shape index (κ2) is 4.92. The molecule has 0 saturated heterocycles. The van der Waals surface area contributed by atoms with Gasteiger partial charge < -0.3 is 15.5 Å². The lowest BCUT2D eigenvalue weighted by molar-refractivity contribution is 0.0873. The fourth-order valence-corrected chi connectivity index (χ4v) is 2.42. The highest BCUT2D eigenvalue weighted by Crippen LogP contribution is 2.29. The molecule has 3 N–H and O–H groups in total. The Bertz CT molecular complexity index is 392.